The van der Waals surface area contributed by atoms with Crippen LogP contribution in [-0.2, 0) is 6.54 Å². The van der Waals surface area contributed by atoms with Crippen molar-refractivity contribution in [3.63, 3.8) is 0 Å². The average Bonchev–Trinajstić information content (AvgIpc) is 2.80. The van der Waals surface area contributed by atoms with Crippen molar-refractivity contribution < 1.29 is 9.53 Å². The molecule has 3 aromatic rings. The topological polar surface area (TPSA) is 70.6 Å². The molecule has 1 aromatic heterocycles. The summed E-state index contributed by atoms with van der Waals surface area (Å²) < 4.78 is 5.27. The van der Waals surface area contributed by atoms with Crippen molar-refractivity contribution >= 4 is 29.1 Å². The van der Waals surface area contributed by atoms with E-state index in [1.165, 1.54) is 19.0 Å². The van der Waals surface area contributed by atoms with E-state index in [9.17, 15) is 4.79 Å². The van der Waals surface area contributed by atoms with E-state index in [0.717, 1.165) is 38.5 Å². The van der Waals surface area contributed by atoms with Crippen LogP contribution in [0.1, 0.15) is 15.9 Å². The lowest BCUT2D eigenvalue weighted by Gasteiger charge is -2.35. The number of aromatic nitrogens is 2. The molecule has 1 saturated heterocycles. The minimum Gasteiger partial charge on any atom is -0.496 e. The molecule has 4 rings (SSSR count). The van der Waals surface area contributed by atoms with Crippen LogP contribution < -0.4 is 15.0 Å². The van der Waals surface area contributed by atoms with E-state index in [4.69, 9.17) is 16.3 Å². The molecule has 1 aliphatic heterocycles. The Morgan fingerprint density at radius 3 is 2.58 bits per heavy atom. The number of carbonyl (C=O) groups excluding carboxylic acids is 1. The van der Waals surface area contributed by atoms with E-state index in [2.05, 4.69) is 49.4 Å². The molecule has 8 heteroatoms. The lowest BCUT2D eigenvalue weighted by Crippen LogP contribution is -2.46. The summed E-state index contributed by atoms with van der Waals surface area (Å²) in [5.41, 5.74) is 1.67. The van der Waals surface area contributed by atoms with Crippen LogP contribution in [0.5, 0.6) is 5.75 Å². The third-order valence-electron chi connectivity index (χ3n) is 5.25. The van der Waals surface area contributed by atoms with Gasteiger partial charge >= 0.3 is 0 Å². The maximum Gasteiger partial charge on any atom is 0.260 e. The number of nitrogens with one attached hydrogen (secondary N) is 1. The number of piperazine rings is 1. The lowest BCUT2D eigenvalue weighted by molar-refractivity contribution is 0.102. The van der Waals surface area contributed by atoms with Crippen LogP contribution in [0.25, 0.3) is 0 Å². The molecule has 2 heterocycles. The van der Waals surface area contributed by atoms with Crippen LogP contribution in [-0.4, -0.2) is 54.1 Å². The van der Waals surface area contributed by atoms with E-state index < -0.39 is 0 Å². The van der Waals surface area contributed by atoms with Crippen LogP contribution in [0.3, 0.4) is 0 Å². The van der Waals surface area contributed by atoms with Crippen molar-refractivity contribution in [1.82, 2.24) is 14.9 Å². The fourth-order valence-corrected chi connectivity index (χ4v) is 3.78. The molecule has 7 nitrogen and oxygen atoms in total. The molecule has 0 saturated carbocycles. The highest BCUT2D eigenvalue weighted by Crippen LogP contribution is 2.24. The van der Waals surface area contributed by atoms with Crippen LogP contribution >= 0.6 is 11.6 Å². The van der Waals surface area contributed by atoms with Crippen molar-refractivity contribution in [2.45, 2.75) is 6.54 Å². The van der Waals surface area contributed by atoms with Crippen LogP contribution in [0, 0.1) is 0 Å². The van der Waals surface area contributed by atoms with Gasteiger partial charge in [-0.05, 0) is 23.8 Å². The second-order valence-corrected chi connectivity index (χ2v) is 7.75. The van der Waals surface area contributed by atoms with E-state index in [1.54, 1.807) is 24.3 Å². The van der Waals surface area contributed by atoms with Crippen LogP contribution in [0.2, 0.25) is 5.02 Å². The van der Waals surface area contributed by atoms with Gasteiger partial charge in [-0.15, -0.1) is 0 Å². The van der Waals surface area contributed by atoms with Gasteiger partial charge in [-0.1, -0.05) is 41.9 Å². The quantitative estimate of drug-likeness (QED) is 0.633. The van der Waals surface area contributed by atoms with Crippen molar-refractivity contribution in [3.05, 3.63) is 77.1 Å². The molecule has 0 bridgehead atoms. The number of anilines is 2. The first-order valence-electron chi connectivity index (χ1n) is 10.1. The SMILES string of the molecule is COc1ccc(Cl)cc1C(=O)Nc1cc(N2CCN(Cc3ccccc3)CC2)ncn1. The smallest absolute Gasteiger partial charge is 0.260 e. The number of nitrogens with zero attached hydrogens (tertiary/aromatic N) is 4. The van der Waals surface area contributed by atoms with E-state index >= 15 is 0 Å². The van der Waals surface area contributed by atoms with Gasteiger partial charge in [0.1, 0.15) is 23.7 Å². The molecule has 0 atom stereocenters. The van der Waals surface area contributed by atoms with Gasteiger partial charge in [0.15, 0.2) is 0 Å². The highest BCUT2D eigenvalue weighted by molar-refractivity contribution is 6.31. The summed E-state index contributed by atoms with van der Waals surface area (Å²) in [6.45, 7) is 4.56. The average molecular weight is 438 g/mol. The fraction of sp³-hybridized carbons (Fsp3) is 0.261. The Bertz CT molecular complexity index is 1040. The molecule has 0 radical (unpaired) electrons. The van der Waals surface area contributed by atoms with E-state index in [-0.39, 0.29) is 5.91 Å². The van der Waals surface area contributed by atoms with Crippen molar-refractivity contribution in [1.29, 1.82) is 0 Å². The minimum atomic E-state index is -0.336. The number of hydrogen-bond acceptors (Lipinski definition) is 6. The van der Waals surface area contributed by atoms with Crippen LogP contribution in [0.15, 0.2) is 60.9 Å². The fourth-order valence-electron chi connectivity index (χ4n) is 3.61. The summed E-state index contributed by atoms with van der Waals surface area (Å²) in [5.74, 6) is 1.34. The molecule has 0 aliphatic carbocycles. The van der Waals surface area contributed by atoms with Gasteiger partial charge in [0.2, 0.25) is 0 Å². The largest absolute Gasteiger partial charge is 0.496 e. The predicted octanol–water partition coefficient (Wildman–Crippen LogP) is 3.71. The Balaban J connectivity index is 1.39. The molecule has 2 aromatic carbocycles. The maximum absolute atomic E-state index is 12.7. The first-order chi connectivity index (χ1) is 15.1. The van der Waals surface area contributed by atoms with E-state index in [1.807, 2.05) is 6.07 Å². The molecule has 160 valence electrons. The number of carbonyl (C=O) groups is 1. The number of ether oxygens (including phenoxy) is 1. The number of benzene rings is 2. The molecular formula is C23H24ClN5O2. The van der Waals surface area contributed by atoms with Gasteiger partial charge in [-0.25, -0.2) is 9.97 Å². The first-order valence-corrected chi connectivity index (χ1v) is 10.5. The molecule has 0 spiro atoms. The molecule has 1 fully saturated rings. The summed E-state index contributed by atoms with van der Waals surface area (Å²) in [6, 6.07) is 17.2. The Hall–Kier alpha value is -3.16. The molecule has 0 unspecified atom stereocenters. The zero-order valence-corrected chi connectivity index (χ0v) is 18.0. The van der Waals surface area contributed by atoms with Gasteiger partial charge in [0, 0.05) is 43.8 Å². The van der Waals surface area contributed by atoms with Gasteiger partial charge in [0.25, 0.3) is 5.91 Å². The first kappa shape index (κ1) is 21.1. The summed E-state index contributed by atoms with van der Waals surface area (Å²) in [5, 5.41) is 3.28. The number of halogens is 1. The monoisotopic (exact) mass is 437 g/mol. The third-order valence-corrected chi connectivity index (χ3v) is 5.48. The summed E-state index contributed by atoms with van der Waals surface area (Å²) in [7, 11) is 1.51. The highest BCUT2D eigenvalue weighted by Gasteiger charge is 2.19. The van der Waals surface area contributed by atoms with Crippen molar-refractivity contribution in [3.8, 4) is 5.75 Å². The van der Waals surface area contributed by atoms with E-state index in [0.29, 0.717) is 22.2 Å². The summed E-state index contributed by atoms with van der Waals surface area (Å²) in [6.07, 6.45) is 1.47. The Labute approximate surface area is 186 Å². The molecule has 31 heavy (non-hydrogen) atoms. The summed E-state index contributed by atoms with van der Waals surface area (Å²) in [4.78, 5) is 26.0. The van der Waals surface area contributed by atoms with Gasteiger partial charge in [-0.2, -0.15) is 0 Å². The lowest BCUT2D eigenvalue weighted by atomic mass is 10.2. The number of amides is 1. The normalized spacial score (nSPS) is 14.3. The predicted molar refractivity (Wildman–Crippen MR) is 122 cm³/mol. The standard InChI is InChI=1S/C23H24ClN5O2/c1-31-20-8-7-18(24)13-19(20)23(30)27-21-14-22(26-16-25-21)29-11-9-28(10-12-29)15-17-5-3-2-4-6-17/h2-8,13-14,16H,9-12,15H2,1H3,(H,25,26,27,30). The second-order valence-electron chi connectivity index (χ2n) is 7.31. The zero-order chi connectivity index (χ0) is 21.6. The van der Waals surface area contributed by atoms with Gasteiger partial charge in [0.05, 0.1) is 12.7 Å². The Kier molecular flexibility index (Phi) is 6.64. The Morgan fingerprint density at radius 2 is 1.84 bits per heavy atom. The van der Waals surface area contributed by atoms with Crippen LogP contribution in [0.4, 0.5) is 11.6 Å². The summed E-state index contributed by atoms with van der Waals surface area (Å²) >= 11 is 6.04. The van der Waals surface area contributed by atoms with Crippen molar-refractivity contribution in [2.75, 3.05) is 43.5 Å². The second kappa shape index (κ2) is 9.76. The molecule has 1 aliphatic rings. The van der Waals surface area contributed by atoms with Gasteiger partial charge in [-0.3, -0.25) is 9.69 Å². The number of methoxy groups -OCH3 is 1. The number of rotatable bonds is 6. The van der Waals surface area contributed by atoms with Gasteiger partial charge < -0.3 is 15.0 Å². The zero-order valence-electron chi connectivity index (χ0n) is 17.3. The molecule has 1 N–H and O–H groups in total. The van der Waals surface area contributed by atoms with Crippen molar-refractivity contribution in [2.24, 2.45) is 0 Å². The highest BCUT2D eigenvalue weighted by atomic mass is 35.5. The number of hydrogen-bond donors (Lipinski definition) is 1. The molecular weight excluding hydrogens is 414 g/mol. The minimum absolute atomic E-state index is 0.336. The maximum atomic E-state index is 12.7. The Morgan fingerprint density at radius 1 is 1.06 bits per heavy atom. The third kappa shape index (κ3) is 5.31. The molecule has 1 amide bonds.